The molecule has 2 rings (SSSR count). The zero-order valence-electron chi connectivity index (χ0n) is 14.6. The second-order valence-electron chi connectivity index (χ2n) is 5.30. The fourth-order valence-electron chi connectivity index (χ4n) is 2.11. The van der Waals surface area contributed by atoms with Crippen LogP contribution in [-0.4, -0.2) is 37.2 Å². The molecule has 6 heteroatoms. The van der Waals surface area contributed by atoms with E-state index in [-0.39, 0.29) is 0 Å². The lowest BCUT2D eigenvalue weighted by atomic mass is 10.1. The molecule has 0 bridgehead atoms. The highest BCUT2D eigenvalue weighted by Gasteiger charge is 2.06. The summed E-state index contributed by atoms with van der Waals surface area (Å²) in [4.78, 5) is 8.79. The molecule has 130 valence electrons. The molecule has 0 saturated carbocycles. The van der Waals surface area contributed by atoms with Crippen molar-refractivity contribution < 1.29 is 9.15 Å². The normalized spacial score (nSPS) is 11.5. The number of hydrogen-bond acceptors (Lipinski definition) is 4. The Morgan fingerprint density at radius 3 is 2.71 bits per heavy atom. The van der Waals surface area contributed by atoms with Crippen molar-refractivity contribution in [2.24, 2.45) is 4.99 Å². The Hall–Kier alpha value is -2.34. The van der Waals surface area contributed by atoms with E-state index in [1.807, 2.05) is 26.0 Å². The van der Waals surface area contributed by atoms with Gasteiger partial charge in [-0.2, -0.15) is 0 Å². The minimum atomic E-state index is 0.385. The van der Waals surface area contributed by atoms with Gasteiger partial charge in [-0.15, -0.1) is 0 Å². The van der Waals surface area contributed by atoms with Gasteiger partial charge in [0, 0.05) is 25.3 Å². The van der Waals surface area contributed by atoms with Gasteiger partial charge in [-0.1, -0.05) is 29.8 Å². The van der Waals surface area contributed by atoms with Gasteiger partial charge in [0.15, 0.2) is 11.7 Å². The minimum absolute atomic E-state index is 0.385. The number of aryl methyl sites for hydroxylation is 1. The molecule has 0 saturated heterocycles. The van der Waals surface area contributed by atoms with E-state index in [0.717, 1.165) is 23.8 Å². The molecule has 24 heavy (non-hydrogen) atoms. The minimum Gasteiger partial charge on any atom is -0.439 e. The van der Waals surface area contributed by atoms with Crippen LogP contribution < -0.4 is 10.6 Å². The summed E-state index contributed by atoms with van der Waals surface area (Å²) >= 11 is 0. The van der Waals surface area contributed by atoms with E-state index in [4.69, 9.17) is 9.15 Å². The molecule has 0 unspecified atom stereocenters. The van der Waals surface area contributed by atoms with Crippen molar-refractivity contribution in [3.63, 3.8) is 0 Å². The maximum absolute atomic E-state index is 5.78. The van der Waals surface area contributed by atoms with Crippen LogP contribution in [0.2, 0.25) is 0 Å². The van der Waals surface area contributed by atoms with E-state index < -0.39 is 0 Å². The van der Waals surface area contributed by atoms with E-state index in [0.29, 0.717) is 32.2 Å². The summed E-state index contributed by atoms with van der Waals surface area (Å²) in [5.41, 5.74) is 2.24. The third-order valence-electron chi connectivity index (χ3n) is 3.35. The summed E-state index contributed by atoms with van der Waals surface area (Å²) in [7, 11) is 0. The molecule has 0 spiro atoms. The van der Waals surface area contributed by atoms with Crippen molar-refractivity contribution >= 4 is 5.96 Å². The molecule has 0 radical (unpaired) electrons. The number of nitrogens with zero attached hydrogens (tertiary/aromatic N) is 2. The predicted molar refractivity (Wildman–Crippen MR) is 96.0 cm³/mol. The molecule has 1 aromatic heterocycles. The Balaban J connectivity index is 1.94. The highest BCUT2D eigenvalue weighted by Crippen LogP contribution is 2.20. The molecule has 1 aromatic carbocycles. The molecule has 0 fully saturated rings. The van der Waals surface area contributed by atoms with E-state index in [2.05, 4.69) is 39.7 Å². The van der Waals surface area contributed by atoms with E-state index in [1.54, 1.807) is 6.20 Å². The highest BCUT2D eigenvalue weighted by atomic mass is 16.5. The molecule has 0 atom stereocenters. The van der Waals surface area contributed by atoms with Gasteiger partial charge in [-0.25, -0.2) is 9.98 Å². The molecule has 0 aliphatic carbocycles. The number of aromatic nitrogens is 1. The molecular formula is C18H26N4O2. The van der Waals surface area contributed by atoms with Crippen molar-refractivity contribution in [1.29, 1.82) is 0 Å². The lowest BCUT2D eigenvalue weighted by Crippen LogP contribution is -2.39. The topological polar surface area (TPSA) is 71.7 Å². The summed E-state index contributed by atoms with van der Waals surface area (Å²) in [5.74, 6) is 2.08. The van der Waals surface area contributed by atoms with Crippen molar-refractivity contribution in [2.75, 3.05) is 26.3 Å². The Bertz CT molecular complexity index is 635. The fourth-order valence-corrected chi connectivity index (χ4v) is 2.11. The molecule has 0 aliphatic heterocycles. The number of hydrogen-bond donors (Lipinski definition) is 2. The third kappa shape index (κ3) is 5.70. The van der Waals surface area contributed by atoms with Gasteiger partial charge in [0.1, 0.15) is 6.54 Å². The van der Waals surface area contributed by atoms with Gasteiger partial charge < -0.3 is 19.8 Å². The summed E-state index contributed by atoms with van der Waals surface area (Å²) < 4.78 is 11.1. The van der Waals surface area contributed by atoms with Crippen LogP contribution in [0.25, 0.3) is 11.3 Å². The van der Waals surface area contributed by atoms with Crippen molar-refractivity contribution in [2.45, 2.75) is 27.3 Å². The molecule has 1 heterocycles. The van der Waals surface area contributed by atoms with Crippen LogP contribution in [0, 0.1) is 6.92 Å². The number of guanidine groups is 1. The largest absolute Gasteiger partial charge is 0.439 e. The molecule has 0 amide bonds. The highest BCUT2D eigenvalue weighted by molar-refractivity contribution is 5.79. The standard InChI is InChI=1S/C18H26N4O2/c1-4-19-18(20-10-11-23-5-2)22-13-17-21-12-16(24-17)15-8-6-14(3)7-9-15/h6-9,12H,4-5,10-11,13H2,1-3H3,(H2,19,20,22). The first kappa shape index (κ1) is 18.0. The number of nitrogens with one attached hydrogen (secondary N) is 2. The van der Waals surface area contributed by atoms with Crippen LogP contribution >= 0.6 is 0 Å². The van der Waals surface area contributed by atoms with E-state index >= 15 is 0 Å². The number of rotatable bonds is 8. The Morgan fingerprint density at radius 2 is 2.00 bits per heavy atom. The second-order valence-corrected chi connectivity index (χ2v) is 5.30. The van der Waals surface area contributed by atoms with Crippen LogP contribution in [0.3, 0.4) is 0 Å². The average Bonchev–Trinajstić information content (AvgIpc) is 3.06. The fraction of sp³-hybridized carbons (Fsp3) is 0.444. The maximum atomic E-state index is 5.78. The van der Waals surface area contributed by atoms with Gasteiger partial charge in [0.2, 0.25) is 5.89 Å². The Kier molecular flexibility index (Phi) is 7.29. The monoisotopic (exact) mass is 330 g/mol. The van der Waals surface area contributed by atoms with Gasteiger partial charge in [-0.3, -0.25) is 0 Å². The quantitative estimate of drug-likeness (QED) is 0.442. The van der Waals surface area contributed by atoms with Crippen molar-refractivity contribution in [3.05, 3.63) is 41.9 Å². The van der Waals surface area contributed by atoms with Crippen molar-refractivity contribution in [1.82, 2.24) is 15.6 Å². The molecule has 6 nitrogen and oxygen atoms in total. The van der Waals surface area contributed by atoms with Gasteiger partial charge in [-0.05, 0) is 20.8 Å². The molecule has 2 N–H and O–H groups in total. The van der Waals surface area contributed by atoms with Gasteiger partial charge >= 0.3 is 0 Å². The van der Waals surface area contributed by atoms with E-state index in [1.165, 1.54) is 5.56 Å². The van der Waals surface area contributed by atoms with Crippen LogP contribution in [0.4, 0.5) is 0 Å². The van der Waals surface area contributed by atoms with Crippen LogP contribution in [-0.2, 0) is 11.3 Å². The Morgan fingerprint density at radius 1 is 1.21 bits per heavy atom. The van der Waals surface area contributed by atoms with E-state index in [9.17, 15) is 0 Å². The maximum Gasteiger partial charge on any atom is 0.216 e. The van der Waals surface area contributed by atoms with Crippen LogP contribution in [0.15, 0.2) is 39.9 Å². The summed E-state index contributed by atoms with van der Waals surface area (Å²) in [5, 5.41) is 6.40. The lowest BCUT2D eigenvalue weighted by molar-refractivity contribution is 0.152. The van der Waals surface area contributed by atoms with Crippen molar-refractivity contribution in [3.8, 4) is 11.3 Å². The number of ether oxygens (including phenoxy) is 1. The number of aliphatic imine (C=N–C) groups is 1. The summed E-state index contributed by atoms with van der Waals surface area (Å²) in [6.45, 7) is 9.32. The zero-order chi connectivity index (χ0) is 17.2. The first-order valence-electron chi connectivity index (χ1n) is 8.34. The average molecular weight is 330 g/mol. The summed E-state index contributed by atoms with van der Waals surface area (Å²) in [6, 6.07) is 8.17. The molecule has 2 aromatic rings. The second kappa shape index (κ2) is 9.72. The third-order valence-corrected chi connectivity index (χ3v) is 3.35. The lowest BCUT2D eigenvalue weighted by Gasteiger charge is -2.10. The number of oxazole rings is 1. The Labute approximate surface area is 143 Å². The van der Waals surface area contributed by atoms with Gasteiger partial charge in [0.25, 0.3) is 0 Å². The van der Waals surface area contributed by atoms with Gasteiger partial charge in [0.05, 0.1) is 12.8 Å². The number of benzene rings is 1. The molecule has 0 aliphatic rings. The summed E-state index contributed by atoms with van der Waals surface area (Å²) in [6.07, 6.45) is 1.74. The van der Waals surface area contributed by atoms with Crippen LogP contribution in [0.1, 0.15) is 25.3 Å². The predicted octanol–water partition coefficient (Wildman–Crippen LogP) is 2.74. The first-order valence-corrected chi connectivity index (χ1v) is 8.34. The van der Waals surface area contributed by atoms with Crippen LogP contribution in [0.5, 0.6) is 0 Å². The SMILES string of the molecule is CCNC(=NCc1ncc(-c2ccc(C)cc2)o1)NCCOCC. The molecular weight excluding hydrogens is 304 g/mol. The smallest absolute Gasteiger partial charge is 0.216 e. The zero-order valence-corrected chi connectivity index (χ0v) is 14.6. The first-order chi connectivity index (χ1) is 11.7.